The lowest BCUT2D eigenvalue weighted by Crippen LogP contribution is -2.28. The topological polar surface area (TPSA) is 78.5 Å². The number of nitrogens with zero attached hydrogens (tertiary/aromatic N) is 1. The highest BCUT2D eigenvalue weighted by Crippen LogP contribution is 2.31. The Morgan fingerprint density at radius 3 is 2.43 bits per heavy atom. The molecule has 4 rings (SSSR count). The first-order chi connectivity index (χ1) is 13.5. The van der Waals surface area contributed by atoms with E-state index in [4.69, 9.17) is 11.6 Å². The van der Waals surface area contributed by atoms with Crippen LogP contribution < -0.4 is 15.5 Å². The SMILES string of the molecule is O=C(NC1CC1)c1ccc(NC(=O)C2CC(=O)N(c3ccccc3Cl)C2)cc1. The monoisotopic (exact) mass is 397 g/mol. The number of hydrogen-bond donors (Lipinski definition) is 2. The van der Waals surface area contributed by atoms with Crippen molar-refractivity contribution in [3.63, 3.8) is 0 Å². The minimum Gasteiger partial charge on any atom is -0.349 e. The zero-order chi connectivity index (χ0) is 19.7. The number of halogens is 1. The Balaban J connectivity index is 1.38. The summed E-state index contributed by atoms with van der Waals surface area (Å²) in [6.45, 7) is 0.288. The average molecular weight is 398 g/mol. The molecule has 1 atom stereocenters. The highest BCUT2D eigenvalue weighted by molar-refractivity contribution is 6.33. The predicted octanol–water partition coefficient (Wildman–Crippen LogP) is 3.22. The first-order valence-corrected chi connectivity index (χ1v) is 9.66. The van der Waals surface area contributed by atoms with E-state index in [1.165, 1.54) is 0 Å². The van der Waals surface area contributed by atoms with E-state index in [0.29, 0.717) is 28.0 Å². The number of para-hydroxylation sites is 1. The molecule has 2 aromatic rings. The Morgan fingerprint density at radius 1 is 1.04 bits per heavy atom. The van der Waals surface area contributed by atoms with Gasteiger partial charge in [-0.3, -0.25) is 14.4 Å². The van der Waals surface area contributed by atoms with Crippen LogP contribution in [0, 0.1) is 5.92 Å². The molecule has 3 amide bonds. The van der Waals surface area contributed by atoms with Gasteiger partial charge >= 0.3 is 0 Å². The van der Waals surface area contributed by atoms with Crippen molar-refractivity contribution in [1.29, 1.82) is 0 Å². The van der Waals surface area contributed by atoms with Crippen molar-refractivity contribution in [2.75, 3.05) is 16.8 Å². The first kappa shape index (κ1) is 18.5. The fraction of sp³-hybridized carbons (Fsp3) is 0.286. The number of rotatable bonds is 5. The fourth-order valence-electron chi connectivity index (χ4n) is 3.23. The summed E-state index contributed by atoms with van der Waals surface area (Å²) in [5.74, 6) is -0.905. The number of amides is 3. The molecule has 28 heavy (non-hydrogen) atoms. The molecule has 2 aliphatic rings. The number of nitrogens with one attached hydrogen (secondary N) is 2. The first-order valence-electron chi connectivity index (χ1n) is 9.28. The maximum absolute atomic E-state index is 12.6. The predicted molar refractivity (Wildman–Crippen MR) is 107 cm³/mol. The highest BCUT2D eigenvalue weighted by atomic mass is 35.5. The van der Waals surface area contributed by atoms with Crippen molar-refractivity contribution >= 4 is 40.7 Å². The van der Waals surface area contributed by atoms with E-state index in [1.54, 1.807) is 47.4 Å². The molecule has 7 heteroatoms. The van der Waals surface area contributed by atoms with Crippen LogP contribution in [-0.4, -0.2) is 30.3 Å². The molecule has 1 aliphatic carbocycles. The Labute approximate surface area is 167 Å². The molecule has 6 nitrogen and oxygen atoms in total. The van der Waals surface area contributed by atoms with Crippen LogP contribution in [0.2, 0.25) is 5.02 Å². The lowest BCUT2D eigenvalue weighted by Gasteiger charge is -2.18. The van der Waals surface area contributed by atoms with Crippen molar-refractivity contribution in [2.24, 2.45) is 5.92 Å². The van der Waals surface area contributed by atoms with Crippen LogP contribution in [0.3, 0.4) is 0 Å². The Morgan fingerprint density at radius 2 is 1.75 bits per heavy atom. The van der Waals surface area contributed by atoms with Crippen LogP contribution >= 0.6 is 11.6 Å². The van der Waals surface area contributed by atoms with E-state index >= 15 is 0 Å². The van der Waals surface area contributed by atoms with Crippen LogP contribution in [0.4, 0.5) is 11.4 Å². The van der Waals surface area contributed by atoms with Gasteiger partial charge in [0.15, 0.2) is 0 Å². The minimum absolute atomic E-state index is 0.0999. The van der Waals surface area contributed by atoms with Gasteiger partial charge in [0.2, 0.25) is 11.8 Å². The Kier molecular flexibility index (Phi) is 5.05. The van der Waals surface area contributed by atoms with Gasteiger partial charge in [0.05, 0.1) is 16.6 Å². The molecule has 0 spiro atoms. The molecule has 0 radical (unpaired) electrons. The van der Waals surface area contributed by atoms with Gasteiger partial charge in [-0.05, 0) is 49.2 Å². The smallest absolute Gasteiger partial charge is 0.251 e. The minimum atomic E-state index is -0.457. The summed E-state index contributed by atoms with van der Waals surface area (Å²) in [6.07, 6.45) is 2.20. The van der Waals surface area contributed by atoms with E-state index < -0.39 is 5.92 Å². The van der Waals surface area contributed by atoms with Crippen LogP contribution in [0.5, 0.6) is 0 Å². The number of hydrogen-bond acceptors (Lipinski definition) is 3. The number of carbonyl (C=O) groups excluding carboxylic acids is 3. The highest BCUT2D eigenvalue weighted by Gasteiger charge is 2.35. The molecule has 1 unspecified atom stereocenters. The fourth-order valence-corrected chi connectivity index (χ4v) is 3.47. The lowest BCUT2D eigenvalue weighted by atomic mass is 10.1. The zero-order valence-corrected chi connectivity index (χ0v) is 15.9. The average Bonchev–Trinajstić information content (AvgIpc) is 3.42. The zero-order valence-electron chi connectivity index (χ0n) is 15.2. The van der Waals surface area contributed by atoms with Gasteiger partial charge in [0.1, 0.15) is 0 Å². The van der Waals surface area contributed by atoms with Gasteiger partial charge < -0.3 is 15.5 Å². The summed E-state index contributed by atoms with van der Waals surface area (Å²) in [5.41, 5.74) is 1.78. The molecular formula is C21H20ClN3O3. The van der Waals surface area contributed by atoms with Crippen molar-refractivity contribution in [3.05, 3.63) is 59.1 Å². The molecule has 1 heterocycles. The molecule has 1 saturated carbocycles. The van der Waals surface area contributed by atoms with E-state index in [-0.39, 0.29) is 30.7 Å². The van der Waals surface area contributed by atoms with Crippen molar-refractivity contribution < 1.29 is 14.4 Å². The maximum Gasteiger partial charge on any atom is 0.251 e. The van der Waals surface area contributed by atoms with E-state index in [0.717, 1.165) is 12.8 Å². The summed E-state index contributed by atoms with van der Waals surface area (Å²) >= 11 is 6.18. The summed E-state index contributed by atoms with van der Waals surface area (Å²) < 4.78 is 0. The van der Waals surface area contributed by atoms with Crippen molar-refractivity contribution in [2.45, 2.75) is 25.3 Å². The number of benzene rings is 2. The number of carbonyl (C=O) groups is 3. The van der Waals surface area contributed by atoms with Gasteiger partial charge in [-0.15, -0.1) is 0 Å². The normalized spacial score (nSPS) is 18.8. The molecule has 144 valence electrons. The standard InChI is InChI=1S/C21H20ClN3O3/c22-17-3-1-2-4-18(17)25-12-14(11-19(25)26)21(28)24-15-7-5-13(6-8-15)20(27)23-16-9-10-16/h1-8,14,16H,9-12H2,(H,23,27)(H,24,28). The van der Waals surface area contributed by atoms with E-state index in [9.17, 15) is 14.4 Å². The van der Waals surface area contributed by atoms with Crippen LogP contribution in [0.1, 0.15) is 29.6 Å². The van der Waals surface area contributed by atoms with Crippen molar-refractivity contribution in [1.82, 2.24) is 5.32 Å². The third-order valence-corrected chi connectivity index (χ3v) is 5.29. The quantitative estimate of drug-likeness (QED) is 0.813. The van der Waals surface area contributed by atoms with Crippen LogP contribution in [-0.2, 0) is 9.59 Å². The molecule has 2 N–H and O–H groups in total. The van der Waals surface area contributed by atoms with Gasteiger partial charge in [-0.25, -0.2) is 0 Å². The summed E-state index contributed by atoms with van der Waals surface area (Å²) in [4.78, 5) is 38.5. The Hall–Kier alpha value is -2.86. The third kappa shape index (κ3) is 4.02. The van der Waals surface area contributed by atoms with Crippen LogP contribution in [0.25, 0.3) is 0 Å². The maximum atomic E-state index is 12.6. The molecule has 1 aliphatic heterocycles. The molecule has 2 fully saturated rings. The summed E-state index contributed by atoms with van der Waals surface area (Å²) in [5, 5.41) is 6.24. The van der Waals surface area contributed by atoms with Crippen molar-refractivity contribution in [3.8, 4) is 0 Å². The van der Waals surface area contributed by atoms with Gasteiger partial charge in [-0.2, -0.15) is 0 Å². The molecule has 0 aromatic heterocycles. The summed E-state index contributed by atoms with van der Waals surface area (Å²) in [6, 6.07) is 14.2. The van der Waals surface area contributed by atoms with E-state index in [1.807, 2.05) is 6.07 Å². The largest absolute Gasteiger partial charge is 0.349 e. The van der Waals surface area contributed by atoms with E-state index in [2.05, 4.69) is 10.6 Å². The second kappa shape index (κ2) is 7.64. The molecular weight excluding hydrogens is 378 g/mol. The van der Waals surface area contributed by atoms with Gasteiger partial charge in [-0.1, -0.05) is 23.7 Å². The second-order valence-electron chi connectivity index (χ2n) is 7.17. The molecule has 0 bridgehead atoms. The molecule has 1 saturated heterocycles. The second-order valence-corrected chi connectivity index (χ2v) is 7.58. The Bertz CT molecular complexity index is 925. The third-order valence-electron chi connectivity index (χ3n) is 4.97. The molecule has 2 aromatic carbocycles. The van der Waals surface area contributed by atoms with Gasteiger partial charge in [0, 0.05) is 30.3 Å². The number of anilines is 2. The van der Waals surface area contributed by atoms with Gasteiger partial charge in [0.25, 0.3) is 5.91 Å². The summed E-state index contributed by atoms with van der Waals surface area (Å²) in [7, 11) is 0. The lowest BCUT2D eigenvalue weighted by molar-refractivity contribution is -0.122. The van der Waals surface area contributed by atoms with Crippen LogP contribution in [0.15, 0.2) is 48.5 Å².